The van der Waals surface area contributed by atoms with Crippen LogP contribution in [-0.2, 0) is 0 Å². The molecule has 27 rings (SSSR count). The van der Waals surface area contributed by atoms with Crippen LogP contribution in [0.2, 0.25) is 0 Å². The minimum Gasteiger partial charge on any atom is -0.454 e. The summed E-state index contributed by atoms with van der Waals surface area (Å²) >= 11 is 0. The topological polar surface area (TPSA) is 118 Å². The lowest BCUT2D eigenvalue weighted by Gasteiger charge is -2.33. The highest BCUT2D eigenvalue weighted by Crippen LogP contribution is 2.54. The van der Waals surface area contributed by atoms with Gasteiger partial charge in [-0.3, -0.25) is 0 Å². The molecule has 6 aliphatic rings. The van der Waals surface area contributed by atoms with Crippen molar-refractivity contribution in [3.05, 3.63) is 362 Å². The van der Waals surface area contributed by atoms with E-state index < -0.39 is 0 Å². The summed E-state index contributed by atoms with van der Waals surface area (Å²) in [6, 6.07) is 103. The summed E-state index contributed by atoms with van der Waals surface area (Å²) < 4.78 is 37.6. The van der Waals surface area contributed by atoms with Crippen LogP contribution >= 0.6 is 0 Å². The summed E-state index contributed by atoms with van der Waals surface area (Å²) in [7, 11) is 4.24. The number of benzene rings is 15. The van der Waals surface area contributed by atoms with Gasteiger partial charge in [0.2, 0.25) is 0 Å². The molecule has 15 aromatic carbocycles. The molecule has 12 heterocycles. The molecule has 0 N–H and O–H groups in total. The maximum absolute atomic E-state index is 6.38. The first-order chi connectivity index (χ1) is 69.9. The van der Waals surface area contributed by atoms with Gasteiger partial charge in [0.15, 0.2) is 33.5 Å². The van der Waals surface area contributed by atoms with Gasteiger partial charge in [0.05, 0.1) is 68.2 Å². The Hall–Kier alpha value is -16.1. The third-order valence-electron chi connectivity index (χ3n) is 30.6. The van der Waals surface area contributed by atoms with Crippen molar-refractivity contribution in [1.82, 2.24) is 14.7 Å². The lowest BCUT2D eigenvalue weighted by molar-refractivity contribution is 0.263. The number of hydrogen-bond acceptors (Lipinski definition) is 18. The lowest BCUT2D eigenvalue weighted by atomic mass is 10.1. The van der Waals surface area contributed by atoms with Gasteiger partial charge in [-0.1, -0.05) is 218 Å². The molecular weight excluding hydrogens is 1780 g/mol. The molecule has 0 unspecified atom stereocenters. The SMILES string of the molecule is CCN1C=CN(c2c(C)ccc3c2oc2ccccc23)[C@@H]1C.CCN1c2ccccc2N(c2c(C)ccc3c2oc2ccccc23)[C@@H]1C.Cc1ccc2c(oc3ccccc32)c1N1C=CN(C(C)C)[C@H]1C.Cc1ccc2c(oc3ccccc32)c1N1C=CN(C)[C@H]1C.Cc1ccc2c(oc3ccccc32)c1N1c2ccccc2N(C(C)C)[C@H]1C.Cc1ccc2c(oc3ccccc32)c1N1c2ccccc2N(C)[C@H]1C. The molecule has 0 bridgehead atoms. The number of hydrogen-bond donors (Lipinski definition) is 0. The summed E-state index contributed by atoms with van der Waals surface area (Å²) in [4.78, 5) is 28.3. The van der Waals surface area contributed by atoms with Gasteiger partial charge < -0.3 is 85.3 Å². The number of fused-ring (bicyclic) bond motifs is 21. The van der Waals surface area contributed by atoms with Gasteiger partial charge in [0.1, 0.15) is 70.5 Å². The molecule has 0 radical (unpaired) electrons. The molecule has 0 saturated heterocycles. The minimum atomic E-state index is 0.222. The Bertz CT molecular complexity index is 8600. The lowest BCUT2D eigenvalue weighted by Crippen LogP contribution is -2.42. The molecule has 0 spiro atoms. The summed E-state index contributed by atoms with van der Waals surface area (Å²) in [5.41, 5.74) is 33.5. The molecule has 0 aliphatic carbocycles. The third-order valence-corrected chi connectivity index (χ3v) is 30.6. The molecule has 0 fully saturated rings. The fraction of sp³-hybridized carbons (Fsp3) is 0.238. The quantitative estimate of drug-likeness (QED) is 0.129. The van der Waals surface area contributed by atoms with E-state index in [-0.39, 0.29) is 24.7 Å². The number of furan rings is 6. The molecule has 726 valence electrons. The Labute approximate surface area is 842 Å². The van der Waals surface area contributed by atoms with Crippen molar-refractivity contribution in [2.24, 2.45) is 0 Å². The first-order valence-corrected chi connectivity index (χ1v) is 50.9. The van der Waals surface area contributed by atoms with Crippen LogP contribution in [0.5, 0.6) is 0 Å². The van der Waals surface area contributed by atoms with Crippen LogP contribution in [0.25, 0.3) is 132 Å². The highest BCUT2D eigenvalue weighted by molar-refractivity contribution is 6.16. The zero-order valence-corrected chi connectivity index (χ0v) is 86.0. The van der Waals surface area contributed by atoms with Crippen molar-refractivity contribution in [3.8, 4) is 0 Å². The van der Waals surface area contributed by atoms with Gasteiger partial charge in [-0.2, -0.15) is 0 Å². The first-order valence-electron chi connectivity index (χ1n) is 50.9. The monoisotopic (exact) mass is 1900 g/mol. The zero-order chi connectivity index (χ0) is 99.6. The molecule has 144 heavy (non-hydrogen) atoms. The second-order valence-electron chi connectivity index (χ2n) is 39.7. The highest BCUT2D eigenvalue weighted by atomic mass is 16.4. The third kappa shape index (κ3) is 15.5. The van der Waals surface area contributed by atoms with E-state index in [1.165, 1.54) is 155 Å². The molecule has 18 heteroatoms. The van der Waals surface area contributed by atoms with Crippen molar-refractivity contribution >= 4 is 200 Å². The van der Waals surface area contributed by atoms with E-state index in [2.05, 4.69) is 459 Å². The Morgan fingerprint density at radius 3 is 0.840 bits per heavy atom. The van der Waals surface area contributed by atoms with Crippen molar-refractivity contribution in [2.45, 2.75) is 174 Å². The average Bonchev–Trinajstić information content (AvgIpc) is 1.57. The summed E-state index contributed by atoms with van der Waals surface area (Å²) in [5.74, 6) is 0. The molecule has 0 amide bonds. The van der Waals surface area contributed by atoms with Gasteiger partial charge in [-0.15, -0.1) is 0 Å². The standard InChI is InChI=1S/C24H24N2O.C23H22N2O.C22H20N2O.C20H22N2O.C19H20N2O.C18H18N2O/c1-15(2)25-17(4)26(21-11-7-6-10-20(21)25)23-16(3)13-14-19-18-9-5-8-12-22(18)27-24(19)23;1-4-24-16(3)25(20-11-7-6-10-19(20)24)22-15(2)13-14-18-17-9-5-8-12-21(17)26-23(18)22;1-14-12-13-17-16-8-4-7-11-20(16)25-22(17)21(14)24-15(2)23(3)18-9-5-6-10-19(18)24;1-13(2)21-11-12-22(15(21)4)19-14(3)9-10-17-16-7-5-6-8-18(16)23-20(17)19;1-4-20-11-12-21(14(20)3)18-13(2)9-10-16-15-7-5-6-8-17(15)22-19(16)18;1-12-8-9-15-14-6-4-5-7-16(14)21-18(15)17(12)20-11-10-19(3)13(20)2/h5-15,17H,1-4H3;5-14,16H,4H2,1-3H3;4-13,15H,1-3H3;5-13,15H,1-4H3;5-12,14H,4H2,1-3H3;4-11,13H,1-3H3/t17-;16-;2*15-;14-;13-/m111111/s1. The predicted molar refractivity (Wildman–Crippen MR) is 604 cm³/mol. The van der Waals surface area contributed by atoms with Gasteiger partial charge in [0.25, 0.3) is 0 Å². The van der Waals surface area contributed by atoms with Gasteiger partial charge >= 0.3 is 0 Å². The molecule has 6 aromatic heterocycles. The normalized spacial score (nSPS) is 17.4. The van der Waals surface area contributed by atoms with Crippen LogP contribution in [0.3, 0.4) is 0 Å². The van der Waals surface area contributed by atoms with E-state index in [1.54, 1.807) is 0 Å². The van der Waals surface area contributed by atoms with E-state index in [4.69, 9.17) is 26.5 Å². The molecule has 0 saturated carbocycles. The predicted octanol–water partition coefficient (Wildman–Crippen LogP) is 33.2. The van der Waals surface area contributed by atoms with Crippen LogP contribution in [0.1, 0.15) is 116 Å². The maximum Gasteiger partial charge on any atom is 0.159 e. The highest BCUT2D eigenvalue weighted by Gasteiger charge is 2.41. The van der Waals surface area contributed by atoms with Crippen molar-refractivity contribution in [3.63, 3.8) is 0 Å². The maximum atomic E-state index is 6.38. The molecule has 6 aliphatic heterocycles. The smallest absolute Gasteiger partial charge is 0.159 e. The van der Waals surface area contributed by atoms with Crippen molar-refractivity contribution < 1.29 is 26.5 Å². The van der Waals surface area contributed by atoms with Gasteiger partial charge in [-0.25, -0.2) is 0 Å². The largest absolute Gasteiger partial charge is 0.454 e. The number of rotatable bonds is 10. The van der Waals surface area contributed by atoms with Crippen LogP contribution < -0.4 is 44.1 Å². The zero-order valence-electron chi connectivity index (χ0n) is 86.0. The Morgan fingerprint density at radius 1 is 0.236 bits per heavy atom. The molecule has 18 nitrogen and oxygen atoms in total. The van der Waals surface area contributed by atoms with E-state index in [0.29, 0.717) is 24.4 Å². The van der Waals surface area contributed by atoms with Crippen molar-refractivity contribution in [1.29, 1.82) is 0 Å². The Kier molecular flexibility index (Phi) is 24.1. The van der Waals surface area contributed by atoms with Gasteiger partial charge in [-0.05, 0) is 231 Å². The van der Waals surface area contributed by atoms with Crippen LogP contribution in [-0.4, -0.2) is 91.0 Å². The Morgan fingerprint density at radius 2 is 0.514 bits per heavy atom. The minimum absolute atomic E-state index is 0.222. The van der Waals surface area contributed by atoms with E-state index in [0.717, 1.165) is 91.5 Å². The van der Waals surface area contributed by atoms with E-state index in [9.17, 15) is 0 Å². The van der Waals surface area contributed by atoms with E-state index >= 15 is 0 Å². The van der Waals surface area contributed by atoms with Gasteiger partial charge in [0, 0.05) is 141 Å². The van der Waals surface area contributed by atoms with Crippen LogP contribution in [0.4, 0.5) is 68.2 Å². The Balaban J connectivity index is 0.0000000988. The summed E-state index contributed by atoms with van der Waals surface area (Å²) in [6.45, 7) is 41.7. The fourth-order valence-corrected chi connectivity index (χ4v) is 23.1. The van der Waals surface area contributed by atoms with E-state index in [1.807, 2.05) is 66.7 Å². The average molecular weight is 1900 g/mol. The summed E-state index contributed by atoms with van der Waals surface area (Å²) in [5, 5.41) is 14.2. The molecule has 21 aromatic rings. The van der Waals surface area contributed by atoms with Crippen LogP contribution in [0.15, 0.2) is 355 Å². The number of para-hydroxylation sites is 12. The number of anilines is 12. The van der Waals surface area contributed by atoms with Crippen LogP contribution in [0, 0.1) is 41.5 Å². The second kappa shape index (κ2) is 37.4. The fourth-order valence-electron chi connectivity index (χ4n) is 23.1. The number of aryl methyl sites for hydroxylation is 6. The van der Waals surface area contributed by atoms with Crippen molar-refractivity contribution in [2.75, 3.05) is 71.3 Å². The molecular formula is C126H126N12O6. The number of nitrogens with zero attached hydrogens (tertiary/aromatic N) is 12. The first kappa shape index (κ1) is 92.9. The second-order valence-corrected chi connectivity index (χ2v) is 39.7. The molecule has 6 atom stereocenters. The summed E-state index contributed by atoms with van der Waals surface area (Å²) in [6.07, 6.45) is 14.5.